The van der Waals surface area contributed by atoms with Gasteiger partial charge in [-0.25, -0.2) is 0 Å². The highest BCUT2D eigenvalue weighted by Gasteiger charge is 2.42. The van der Waals surface area contributed by atoms with Crippen LogP contribution in [0.3, 0.4) is 0 Å². The Balaban J connectivity index is 1.36. The third-order valence-electron chi connectivity index (χ3n) is 10.7. The molecular formula is C51H53N2+. The van der Waals surface area contributed by atoms with Crippen molar-refractivity contribution in [2.75, 3.05) is 0 Å². The van der Waals surface area contributed by atoms with Crippen LogP contribution >= 0.6 is 0 Å². The Morgan fingerprint density at radius 1 is 0.491 bits per heavy atom. The van der Waals surface area contributed by atoms with Gasteiger partial charge >= 0.3 is 0 Å². The zero-order valence-electron chi connectivity index (χ0n) is 32.0. The van der Waals surface area contributed by atoms with Gasteiger partial charge in [-0.3, -0.25) is 4.99 Å². The molecule has 1 aromatic heterocycles. The first kappa shape index (κ1) is 36.0. The SMILES string of the molecule is CCCc1c(CCC)c(CCC)[n+]2c(c1CCC)C(C=Nc1ccc(C(=C(c3ccccc3)c3ccccc3)c3ccccc3)cc1)c1ccccc1-2. The largest absolute Gasteiger partial charge is 0.260 e. The molecule has 2 nitrogen and oxygen atoms in total. The van der Waals surface area contributed by atoms with E-state index in [1.165, 1.54) is 62.5 Å². The van der Waals surface area contributed by atoms with Crippen LogP contribution in [0, 0.1) is 0 Å². The molecule has 0 saturated carbocycles. The van der Waals surface area contributed by atoms with E-state index in [0.29, 0.717) is 0 Å². The van der Waals surface area contributed by atoms with E-state index in [0.717, 1.165) is 50.6 Å². The first-order valence-corrected chi connectivity index (χ1v) is 19.9. The number of para-hydroxylation sites is 1. The quantitative estimate of drug-likeness (QED) is 0.0613. The summed E-state index contributed by atoms with van der Waals surface area (Å²) in [5.41, 5.74) is 18.6. The summed E-state index contributed by atoms with van der Waals surface area (Å²) in [6.45, 7) is 9.33. The van der Waals surface area contributed by atoms with Gasteiger partial charge in [0, 0.05) is 35.4 Å². The smallest absolute Gasteiger partial charge is 0.215 e. The fourth-order valence-corrected chi connectivity index (χ4v) is 8.51. The molecule has 2 heteroatoms. The summed E-state index contributed by atoms with van der Waals surface area (Å²) >= 11 is 0. The predicted octanol–water partition coefficient (Wildman–Crippen LogP) is 12.6. The van der Waals surface area contributed by atoms with Crippen molar-refractivity contribution in [2.45, 2.75) is 85.0 Å². The Hall–Kier alpha value is -5.34. The lowest BCUT2D eigenvalue weighted by molar-refractivity contribution is -0.607. The predicted molar refractivity (Wildman–Crippen MR) is 225 cm³/mol. The maximum atomic E-state index is 5.28. The van der Waals surface area contributed by atoms with Crippen LogP contribution in [0.5, 0.6) is 0 Å². The molecule has 0 bridgehead atoms. The summed E-state index contributed by atoms with van der Waals surface area (Å²) in [5.74, 6) is 0.108. The number of hydrogen-bond acceptors (Lipinski definition) is 1. The molecular weight excluding hydrogens is 641 g/mol. The second kappa shape index (κ2) is 17.0. The van der Waals surface area contributed by atoms with Crippen molar-refractivity contribution in [3.63, 3.8) is 0 Å². The third-order valence-corrected chi connectivity index (χ3v) is 10.7. The molecule has 0 saturated heterocycles. The maximum Gasteiger partial charge on any atom is 0.215 e. The van der Waals surface area contributed by atoms with Gasteiger partial charge < -0.3 is 0 Å². The molecule has 1 atom stereocenters. The molecule has 6 aromatic rings. The molecule has 1 unspecified atom stereocenters. The molecule has 0 radical (unpaired) electrons. The first-order chi connectivity index (χ1) is 26.2. The zero-order valence-corrected chi connectivity index (χ0v) is 32.0. The van der Waals surface area contributed by atoms with Gasteiger partial charge in [0.15, 0.2) is 5.69 Å². The van der Waals surface area contributed by atoms with Crippen LogP contribution in [0.4, 0.5) is 5.69 Å². The highest BCUT2D eigenvalue weighted by atomic mass is 15.0. The van der Waals surface area contributed by atoms with E-state index in [2.05, 4.69) is 178 Å². The maximum absolute atomic E-state index is 5.28. The second-order valence-corrected chi connectivity index (χ2v) is 14.3. The first-order valence-electron chi connectivity index (χ1n) is 19.9. The van der Waals surface area contributed by atoms with Gasteiger partial charge in [-0.1, -0.05) is 168 Å². The van der Waals surface area contributed by atoms with Gasteiger partial charge in [0.2, 0.25) is 11.4 Å². The standard InChI is InChI=1S/C51H53N2/c1-5-20-42-43(21-6-2)47(23-8-4)53-48-31-19-18-30-44(48)46(51(53)45(42)22-7-3)36-52-41-34-32-40(33-35-41)50(39-28-16-11-17-29-39)49(37-24-12-9-13-25-37)38-26-14-10-15-27-38/h9-19,24-36,46H,5-8,20-23H2,1-4H3/q+1. The Morgan fingerprint density at radius 2 is 0.943 bits per heavy atom. The topological polar surface area (TPSA) is 16.2 Å². The minimum Gasteiger partial charge on any atom is -0.260 e. The molecule has 53 heavy (non-hydrogen) atoms. The number of nitrogens with zero attached hydrogens (tertiary/aromatic N) is 2. The van der Waals surface area contributed by atoms with E-state index in [9.17, 15) is 0 Å². The van der Waals surface area contributed by atoms with Crippen molar-refractivity contribution < 1.29 is 4.57 Å². The van der Waals surface area contributed by atoms with Gasteiger partial charge in [0.25, 0.3) is 0 Å². The van der Waals surface area contributed by atoms with E-state index in [-0.39, 0.29) is 5.92 Å². The molecule has 1 aliphatic heterocycles. The number of aliphatic imine (C=N–C) groups is 1. The monoisotopic (exact) mass is 693 g/mol. The Labute approximate surface area is 317 Å². The van der Waals surface area contributed by atoms with Crippen molar-refractivity contribution in [3.05, 3.63) is 195 Å². The van der Waals surface area contributed by atoms with Crippen LogP contribution in [-0.2, 0) is 25.7 Å². The van der Waals surface area contributed by atoms with Gasteiger partial charge in [0.05, 0.1) is 5.69 Å². The van der Waals surface area contributed by atoms with Crippen molar-refractivity contribution in [2.24, 2.45) is 4.99 Å². The summed E-state index contributed by atoms with van der Waals surface area (Å²) in [5, 5.41) is 0. The molecule has 2 heterocycles. The van der Waals surface area contributed by atoms with Gasteiger partial charge in [-0.2, -0.15) is 4.57 Å². The van der Waals surface area contributed by atoms with Crippen LogP contribution in [0.1, 0.15) is 115 Å². The third kappa shape index (κ3) is 7.33. The molecule has 0 spiro atoms. The van der Waals surface area contributed by atoms with E-state index < -0.39 is 0 Å². The van der Waals surface area contributed by atoms with Crippen molar-refractivity contribution >= 4 is 23.0 Å². The number of pyridine rings is 1. The summed E-state index contributed by atoms with van der Waals surface area (Å²) in [7, 11) is 0. The van der Waals surface area contributed by atoms with Crippen molar-refractivity contribution in [1.29, 1.82) is 0 Å². The molecule has 7 rings (SSSR count). The Kier molecular flexibility index (Phi) is 11.6. The normalized spacial score (nSPS) is 13.2. The van der Waals surface area contributed by atoms with Crippen LogP contribution < -0.4 is 4.57 Å². The zero-order chi connectivity index (χ0) is 36.6. The fraction of sp³-hybridized carbons (Fsp3) is 0.255. The summed E-state index contributed by atoms with van der Waals surface area (Å²) in [6.07, 6.45) is 11.3. The number of hydrogen-bond donors (Lipinski definition) is 0. The average molecular weight is 694 g/mol. The molecule has 266 valence electrons. The highest BCUT2D eigenvalue weighted by molar-refractivity contribution is 6.04. The summed E-state index contributed by atoms with van der Waals surface area (Å²) in [6, 6.07) is 50.3. The van der Waals surface area contributed by atoms with Crippen molar-refractivity contribution in [3.8, 4) is 5.69 Å². The lowest BCUT2D eigenvalue weighted by Gasteiger charge is -2.20. The van der Waals surface area contributed by atoms with Crippen LogP contribution in [0.25, 0.3) is 16.8 Å². The number of aromatic nitrogens is 1. The average Bonchev–Trinajstić information content (AvgIpc) is 3.54. The molecule has 0 amide bonds. The summed E-state index contributed by atoms with van der Waals surface area (Å²) < 4.78 is 2.67. The van der Waals surface area contributed by atoms with E-state index in [4.69, 9.17) is 4.99 Å². The Bertz CT molecular complexity index is 2150. The van der Waals surface area contributed by atoms with Crippen LogP contribution in [0.15, 0.2) is 145 Å². The minimum atomic E-state index is 0.108. The molecule has 1 aliphatic rings. The lowest BCUT2D eigenvalue weighted by atomic mass is 9.85. The second-order valence-electron chi connectivity index (χ2n) is 14.3. The number of fused-ring (bicyclic) bond motifs is 3. The fourth-order valence-electron chi connectivity index (χ4n) is 8.51. The van der Waals surface area contributed by atoms with Gasteiger partial charge in [-0.15, -0.1) is 0 Å². The van der Waals surface area contributed by atoms with E-state index in [1.807, 2.05) is 0 Å². The molecule has 0 fully saturated rings. The summed E-state index contributed by atoms with van der Waals surface area (Å²) in [4.78, 5) is 5.28. The van der Waals surface area contributed by atoms with Gasteiger partial charge in [-0.05, 0) is 76.8 Å². The van der Waals surface area contributed by atoms with Crippen LogP contribution in [-0.4, -0.2) is 6.21 Å². The van der Waals surface area contributed by atoms with Crippen molar-refractivity contribution in [1.82, 2.24) is 0 Å². The number of rotatable bonds is 14. The molecule has 5 aromatic carbocycles. The molecule has 0 aliphatic carbocycles. The van der Waals surface area contributed by atoms with E-state index in [1.54, 1.807) is 16.7 Å². The van der Waals surface area contributed by atoms with Crippen LogP contribution in [0.2, 0.25) is 0 Å². The number of benzene rings is 5. The van der Waals surface area contributed by atoms with Gasteiger partial charge in [0.1, 0.15) is 5.92 Å². The Morgan fingerprint density at radius 3 is 1.47 bits per heavy atom. The van der Waals surface area contributed by atoms with E-state index >= 15 is 0 Å². The minimum absolute atomic E-state index is 0.108. The molecule has 0 N–H and O–H groups in total. The lowest BCUT2D eigenvalue weighted by Crippen LogP contribution is -2.41. The highest BCUT2D eigenvalue weighted by Crippen LogP contribution is 2.40.